The maximum atomic E-state index is 11.1. The van der Waals surface area contributed by atoms with Crippen molar-refractivity contribution in [2.75, 3.05) is 0 Å². The molecule has 0 aromatic heterocycles. The van der Waals surface area contributed by atoms with Gasteiger partial charge in [-0.05, 0) is 24.8 Å². The van der Waals surface area contributed by atoms with E-state index in [0.29, 0.717) is 0 Å². The molecular formula is C18H26O3. The summed E-state index contributed by atoms with van der Waals surface area (Å²) >= 11 is 0. The van der Waals surface area contributed by atoms with Gasteiger partial charge in [-0.15, -0.1) is 6.58 Å². The third kappa shape index (κ3) is 7.66. The van der Waals surface area contributed by atoms with Crippen LogP contribution in [0.3, 0.4) is 0 Å². The number of carbonyl (C=O) groups excluding carboxylic acids is 1. The van der Waals surface area contributed by atoms with Gasteiger partial charge in [0, 0.05) is 13.3 Å². The fourth-order valence-corrected chi connectivity index (χ4v) is 2.19. The number of hydrogen-bond donors (Lipinski definition) is 0. The zero-order chi connectivity index (χ0) is 15.5. The van der Waals surface area contributed by atoms with Gasteiger partial charge in [-0.1, -0.05) is 49.8 Å². The fraction of sp³-hybridized carbons (Fsp3) is 0.500. The molecule has 21 heavy (non-hydrogen) atoms. The number of carbonyl (C=O) groups is 1. The van der Waals surface area contributed by atoms with E-state index in [-0.39, 0.29) is 12.1 Å². The van der Waals surface area contributed by atoms with Crippen LogP contribution >= 0.6 is 0 Å². The van der Waals surface area contributed by atoms with Crippen LogP contribution in [0.15, 0.2) is 43.0 Å². The standard InChI is InChI=1S/C18H26O3/c1-4-9-17(14-13-16-11-7-6-8-12-16)21-18(10-5-2)20-15(3)19/h4,6-8,11-12,17-18H,1,5,9-10,13-14H2,2-3H3/t17-,18?/m0/s1. The highest BCUT2D eigenvalue weighted by atomic mass is 16.7. The second-order valence-corrected chi connectivity index (χ2v) is 5.13. The van der Waals surface area contributed by atoms with Crippen LogP contribution in [0.25, 0.3) is 0 Å². The first-order valence-corrected chi connectivity index (χ1v) is 7.63. The normalized spacial score (nSPS) is 13.4. The van der Waals surface area contributed by atoms with E-state index in [1.165, 1.54) is 12.5 Å². The van der Waals surface area contributed by atoms with Crippen LogP contribution in [-0.2, 0) is 20.7 Å². The molecule has 0 aliphatic heterocycles. The van der Waals surface area contributed by atoms with Crippen LogP contribution in [0.4, 0.5) is 0 Å². The Hall–Kier alpha value is -1.61. The average molecular weight is 290 g/mol. The lowest BCUT2D eigenvalue weighted by atomic mass is 10.0. The molecule has 3 heteroatoms. The Bertz CT molecular complexity index is 414. The summed E-state index contributed by atoms with van der Waals surface area (Å²) in [6.07, 6.45) is 5.65. The minimum atomic E-state index is -0.451. The topological polar surface area (TPSA) is 35.5 Å². The van der Waals surface area contributed by atoms with E-state index in [0.717, 1.165) is 32.1 Å². The summed E-state index contributed by atoms with van der Waals surface area (Å²) in [6.45, 7) is 7.25. The van der Waals surface area contributed by atoms with Gasteiger partial charge >= 0.3 is 5.97 Å². The molecule has 3 nitrogen and oxygen atoms in total. The molecule has 0 amide bonds. The Morgan fingerprint density at radius 3 is 2.57 bits per heavy atom. The van der Waals surface area contributed by atoms with Crippen molar-refractivity contribution in [1.29, 1.82) is 0 Å². The smallest absolute Gasteiger partial charge is 0.304 e. The van der Waals surface area contributed by atoms with Crippen LogP contribution in [0.2, 0.25) is 0 Å². The summed E-state index contributed by atoms with van der Waals surface area (Å²) in [6, 6.07) is 10.3. The Labute approximate surface area is 128 Å². The van der Waals surface area contributed by atoms with Crippen molar-refractivity contribution in [3.8, 4) is 0 Å². The van der Waals surface area contributed by atoms with E-state index in [1.54, 1.807) is 0 Å². The zero-order valence-electron chi connectivity index (χ0n) is 13.1. The monoisotopic (exact) mass is 290 g/mol. The number of ether oxygens (including phenoxy) is 2. The van der Waals surface area contributed by atoms with Crippen molar-refractivity contribution in [2.24, 2.45) is 0 Å². The number of benzene rings is 1. The Morgan fingerprint density at radius 1 is 1.29 bits per heavy atom. The number of hydrogen-bond acceptors (Lipinski definition) is 3. The minimum absolute atomic E-state index is 0.0265. The van der Waals surface area contributed by atoms with Crippen molar-refractivity contribution >= 4 is 5.97 Å². The van der Waals surface area contributed by atoms with Gasteiger partial charge in [0.05, 0.1) is 6.10 Å². The molecule has 1 unspecified atom stereocenters. The maximum Gasteiger partial charge on any atom is 0.304 e. The highest BCUT2D eigenvalue weighted by Crippen LogP contribution is 2.16. The molecule has 0 saturated carbocycles. The van der Waals surface area contributed by atoms with Gasteiger partial charge in [-0.25, -0.2) is 0 Å². The molecule has 0 fully saturated rings. The maximum absolute atomic E-state index is 11.1. The van der Waals surface area contributed by atoms with Gasteiger partial charge in [0.1, 0.15) is 0 Å². The third-order valence-corrected chi connectivity index (χ3v) is 3.19. The first kappa shape index (κ1) is 17.4. The molecule has 1 rings (SSSR count). The third-order valence-electron chi connectivity index (χ3n) is 3.19. The molecule has 0 aliphatic carbocycles. The highest BCUT2D eigenvalue weighted by Gasteiger charge is 2.17. The first-order chi connectivity index (χ1) is 10.2. The highest BCUT2D eigenvalue weighted by molar-refractivity contribution is 5.66. The minimum Gasteiger partial charge on any atom is -0.436 e. The SMILES string of the molecule is C=CC[C@@H](CCc1ccccc1)OC(CCC)OC(C)=O. The van der Waals surface area contributed by atoms with Gasteiger partial charge in [0.15, 0.2) is 0 Å². The predicted molar refractivity (Wildman–Crippen MR) is 84.9 cm³/mol. The molecule has 1 aromatic carbocycles. The molecule has 0 radical (unpaired) electrons. The molecule has 0 spiro atoms. The van der Waals surface area contributed by atoms with Crippen LogP contribution in [-0.4, -0.2) is 18.4 Å². The Balaban J connectivity index is 2.53. The lowest BCUT2D eigenvalue weighted by Crippen LogP contribution is -2.26. The first-order valence-electron chi connectivity index (χ1n) is 7.63. The molecule has 116 valence electrons. The molecule has 2 atom stereocenters. The molecule has 0 bridgehead atoms. The van der Waals surface area contributed by atoms with Crippen molar-refractivity contribution < 1.29 is 14.3 Å². The van der Waals surface area contributed by atoms with E-state index in [1.807, 2.05) is 31.2 Å². The van der Waals surface area contributed by atoms with Crippen molar-refractivity contribution in [2.45, 2.75) is 58.3 Å². The molecule has 1 aromatic rings. The zero-order valence-corrected chi connectivity index (χ0v) is 13.1. The van der Waals surface area contributed by atoms with Crippen molar-refractivity contribution in [1.82, 2.24) is 0 Å². The van der Waals surface area contributed by atoms with Gasteiger partial charge in [0.25, 0.3) is 0 Å². The van der Waals surface area contributed by atoms with E-state index in [2.05, 4.69) is 18.7 Å². The lowest BCUT2D eigenvalue weighted by molar-refractivity contribution is -0.189. The fourth-order valence-electron chi connectivity index (χ4n) is 2.19. The largest absolute Gasteiger partial charge is 0.436 e. The number of aryl methyl sites for hydroxylation is 1. The van der Waals surface area contributed by atoms with Crippen LogP contribution in [0.5, 0.6) is 0 Å². The summed E-state index contributed by atoms with van der Waals surface area (Å²) in [5, 5.41) is 0. The van der Waals surface area contributed by atoms with Crippen LogP contribution in [0, 0.1) is 0 Å². The number of esters is 1. The van der Waals surface area contributed by atoms with Gasteiger partial charge in [0.2, 0.25) is 6.29 Å². The van der Waals surface area contributed by atoms with E-state index < -0.39 is 6.29 Å². The molecule has 0 N–H and O–H groups in total. The molecular weight excluding hydrogens is 264 g/mol. The molecule has 0 heterocycles. The van der Waals surface area contributed by atoms with Gasteiger partial charge in [-0.2, -0.15) is 0 Å². The second-order valence-electron chi connectivity index (χ2n) is 5.13. The summed E-state index contributed by atoms with van der Waals surface area (Å²) in [7, 11) is 0. The van der Waals surface area contributed by atoms with Crippen LogP contribution < -0.4 is 0 Å². The van der Waals surface area contributed by atoms with Crippen LogP contribution in [0.1, 0.15) is 45.1 Å². The molecule has 0 saturated heterocycles. The van der Waals surface area contributed by atoms with E-state index >= 15 is 0 Å². The molecule has 0 aliphatic rings. The summed E-state index contributed by atoms with van der Waals surface area (Å²) in [5.74, 6) is -0.297. The van der Waals surface area contributed by atoms with Gasteiger partial charge in [-0.3, -0.25) is 4.79 Å². The summed E-state index contributed by atoms with van der Waals surface area (Å²) in [4.78, 5) is 11.1. The van der Waals surface area contributed by atoms with Crippen molar-refractivity contribution in [3.63, 3.8) is 0 Å². The summed E-state index contributed by atoms with van der Waals surface area (Å²) < 4.78 is 11.2. The Kier molecular flexibility index (Phi) is 8.44. The number of rotatable bonds is 10. The predicted octanol–water partition coefficient (Wildman–Crippen LogP) is 4.27. The van der Waals surface area contributed by atoms with Gasteiger partial charge < -0.3 is 9.47 Å². The quantitative estimate of drug-likeness (QED) is 0.367. The summed E-state index contributed by atoms with van der Waals surface area (Å²) in [5.41, 5.74) is 1.29. The van der Waals surface area contributed by atoms with E-state index in [9.17, 15) is 4.79 Å². The average Bonchev–Trinajstić information content (AvgIpc) is 2.45. The van der Waals surface area contributed by atoms with E-state index in [4.69, 9.17) is 9.47 Å². The Morgan fingerprint density at radius 2 is 2.00 bits per heavy atom. The van der Waals surface area contributed by atoms with Crippen molar-refractivity contribution in [3.05, 3.63) is 48.6 Å². The second kappa shape index (κ2) is 10.2. The lowest BCUT2D eigenvalue weighted by Gasteiger charge is -2.23.